The normalized spacial score (nSPS) is 19.2. The molecule has 3 aromatic heterocycles. The van der Waals surface area contributed by atoms with Gasteiger partial charge in [0.15, 0.2) is 5.65 Å². The number of imidazole rings is 1. The topological polar surface area (TPSA) is 82.5 Å². The Bertz CT molecular complexity index is 1370. The van der Waals surface area contributed by atoms with Gasteiger partial charge in [0.1, 0.15) is 16.9 Å². The summed E-state index contributed by atoms with van der Waals surface area (Å²) in [6, 6.07) is 6.46. The number of fused-ring (bicyclic) bond motifs is 2. The van der Waals surface area contributed by atoms with E-state index in [9.17, 15) is 17.6 Å². The Hall–Kier alpha value is -3.19. The molecule has 8 nitrogen and oxygen atoms in total. The van der Waals surface area contributed by atoms with Gasteiger partial charge in [-0.2, -0.15) is 18.3 Å². The van der Waals surface area contributed by atoms with Crippen LogP contribution in [0.25, 0.3) is 16.6 Å². The highest BCUT2D eigenvalue weighted by Gasteiger charge is 2.34. The molecular weight excluding hydrogens is 498 g/mol. The average Bonchev–Trinajstić information content (AvgIpc) is 3.42. The van der Waals surface area contributed by atoms with Crippen molar-refractivity contribution in [3.8, 4) is 5.75 Å². The second-order valence-electron chi connectivity index (χ2n) is 8.71. The number of rotatable bonds is 7. The number of H-pyrrole nitrogens is 1. The van der Waals surface area contributed by atoms with Crippen molar-refractivity contribution in [2.75, 3.05) is 37.9 Å². The van der Waals surface area contributed by atoms with Crippen LogP contribution < -0.4 is 15.4 Å². The van der Waals surface area contributed by atoms with Crippen LogP contribution in [-0.4, -0.2) is 69.5 Å². The summed E-state index contributed by atoms with van der Waals surface area (Å²) in [6.45, 7) is 1.03. The Morgan fingerprint density at radius 2 is 2.11 bits per heavy atom. The summed E-state index contributed by atoms with van der Waals surface area (Å²) >= 11 is -0.227. The summed E-state index contributed by atoms with van der Waals surface area (Å²) in [4.78, 5) is 6.46. The van der Waals surface area contributed by atoms with Gasteiger partial charge in [-0.15, -0.1) is 0 Å². The van der Waals surface area contributed by atoms with Crippen LogP contribution in [0.1, 0.15) is 12.1 Å². The van der Waals surface area contributed by atoms with E-state index >= 15 is 0 Å². The van der Waals surface area contributed by atoms with Gasteiger partial charge in [0.25, 0.3) is 0 Å². The zero-order valence-electron chi connectivity index (χ0n) is 19.6. The van der Waals surface area contributed by atoms with Crippen molar-refractivity contribution in [1.29, 1.82) is 0 Å². The van der Waals surface area contributed by atoms with Crippen LogP contribution in [0.15, 0.2) is 41.7 Å². The first-order chi connectivity index (χ1) is 17.2. The molecule has 36 heavy (non-hydrogen) atoms. The molecule has 0 unspecified atom stereocenters. The Morgan fingerprint density at radius 1 is 1.28 bits per heavy atom. The highest BCUT2D eigenvalue weighted by Crippen LogP contribution is 2.40. The molecule has 0 aliphatic carbocycles. The van der Waals surface area contributed by atoms with E-state index in [1.807, 2.05) is 11.9 Å². The molecule has 4 aromatic rings. The molecule has 1 fully saturated rings. The molecule has 1 aliphatic rings. The van der Waals surface area contributed by atoms with E-state index in [0.717, 1.165) is 17.4 Å². The van der Waals surface area contributed by atoms with Gasteiger partial charge < -0.3 is 20.3 Å². The van der Waals surface area contributed by atoms with Crippen molar-refractivity contribution in [2.24, 2.45) is 0 Å². The van der Waals surface area contributed by atoms with Crippen LogP contribution in [0.2, 0.25) is 0 Å². The third-order valence-electron chi connectivity index (χ3n) is 6.18. The number of likely N-dealkylation sites (tertiary alicyclic amines) is 1. The number of hydrogen-bond donors (Lipinski definition) is 3. The third-order valence-corrected chi connectivity index (χ3v) is 7.04. The number of alkyl halides is 4. The number of piperidine rings is 1. The van der Waals surface area contributed by atoms with Crippen LogP contribution in [0.5, 0.6) is 5.75 Å². The van der Waals surface area contributed by atoms with Crippen molar-refractivity contribution in [2.45, 2.75) is 35.7 Å². The average molecular weight is 524 g/mol. The maximum Gasteiger partial charge on any atom is 0.447 e. The van der Waals surface area contributed by atoms with E-state index in [1.165, 1.54) is 17.7 Å². The first-order valence-electron chi connectivity index (χ1n) is 11.3. The van der Waals surface area contributed by atoms with Crippen molar-refractivity contribution >= 4 is 39.7 Å². The second kappa shape index (κ2) is 9.69. The fraction of sp³-hybridized carbons (Fsp3) is 0.391. The number of aromatic nitrogens is 4. The molecule has 1 saturated heterocycles. The van der Waals surface area contributed by atoms with E-state index in [-0.39, 0.29) is 29.0 Å². The maximum atomic E-state index is 14.6. The van der Waals surface area contributed by atoms with Gasteiger partial charge in [0, 0.05) is 36.4 Å². The zero-order chi connectivity index (χ0) is 25.4. The minimum absolute atomic E-state index is 0.00942. The number of anilines is 2. The molecule has 192 valence electrons. The number of thioether (sulfide) groups is 1. The van der Waals surface area contributed by atoms with Gasteiger partial charge in [-0.25, -0.2) is 9.37 Å². The van der Waals surface area contributed by atoms with Crippen LogP contribution in [-0.2, 0) is 6.54 Å². The number of halogens is 4. The van der Waals surface area contributed by atoms with E-state index in [4.69, 9.17) is 4.74 Å². The van der Waals surface area contributed by atoms with Crippen molar-refractivity contribution < 1.29 is 22.3 Å². The largest absolute Gasteiger partial charge is 0.495 e. The maximum absolute atomic E-state index is 14.6. The lowest BCUT2D eigenvalue weighted by molar-refractivity contribution is -0.0330. The predicted molar refractivity (Wildman–Crippen MR) is 131 cm³/mol. The Balaban J connectivity index is 1.48. The van der Waals surface area contributed by atoms with Gasteiger partial charge in [-0.3, -0.25) is 9.50 Å². The molecule has 3 N–H and O–H groups in total. The standard InChI is InChI=1S/C23H25F4N7OS/c1-33-7-5-15(14(24)12-33)30-16-4-3-6-34-21(16)31-19(22(34)36-23(25,26)27)11-28-18-9-17-13(10-29-32-17)8-20(18)35-2/h3-4,6,8-10,14-15,28,30H,5,7,11-12H2,1-2H3,(H,29,32)/t14-,15+/m0/s1. The van der Waals surface area contributed by atoms with Crippen LogP contribution in [0.3, 0.4) is 0 Å². The van der Waals surface area contributed by atoms with E-state index in [0.29, 0.717) is 35.7 Å². The molecule has 0 spiro atoms. The number of nitrogens with zero attached hydrogens (tertiary/aromatic N) is 4. The van der Waals surface area contributed by atoms with Crippen LogP contribution in [0.4, 0.5) is 28.9 Å². The molecule has 5 rings (SSSR count). The lowest BCUT2D eigenvalue weighted by Crippen LogP contribution is -2.46. The molecule has 1 aromatic carbocycles. The second-order valence-corrected chi connectivity index (χ2v) is 9.76. The van der Waals surface area contributed by atoms with E-state index in [2.05, 4.69) is 25.8 Å². The number of hydrogen-bond acceptors (Lipinski definition) is 7. The lowest BCUT2D eigenvalue weighted by Gasteiger charge is -2.33. The smallest absolute Gasteiger partial charge is 0.447 e. The SMILES string of the molecule is COc1cc2cn[nH]c2cc1NCc1nc2c(N[C@@H]3CCN(C)C[C@@H]3F)cccn2c1SC(F)(F)F. The molecular formula is C23H25F4N7OS. The predicted octanol–water partition coefficient (Wildman–Crippen LogP) is 4.90. The first kappa shape index (κ1) is 24.5. The van der Waals surface area contributed by atoms with E-state index < -0.39 is 17.7 Å². The number of ether oxygens (including phenoxy) is 1. The summed E-state index contributed by atoms with van der Waals surface area (Å²) < 4.78 is 62.0. The summed E-state index contributed by atoms with van der Waals surface area (Å²) in [7, 11) is 3.37. The molecule has 4 heterocycles. The summed E-state index contributed by atoms with van der Waals surface area (Å²) in [5.74, 6) is 0.524. The molecule has 2 atom stereocenters. The van der Waals surface area contributed by atoms with Crippen LogP contribution >= 0.6 is 11.8 Å². The molecule has 0 saturated carbocycles. The molecule has 0 bridgehead atoms. The third kappa shape index (κ3) is 5.03. The molecule has 0 radical (unpaired) electrons. The van der Waals surface area contributed by atoms with E-state index in [1.54, 1.807) is 30.5 Å². The van der Waals surface area contributed by atoms with Gasteiger partial charge >= 0.3 is 5.51 Å². The lowest BCUT2D eigenvalue weighted by atomic mass is 10.0. The summed E-state index contributed by atoms with van der Waals surface area (Å²) in [6.07, 6.45) is 2.66. The molecule has 13 heteroatoms. The number of methoxy groups -OCH3 is 1. The van der Waals surface area contributed by atoms with Crippen molar-refractivity contribution in [1.82, 2.24) is 24.5 Å². The zero-order valence-corrected chi connectivity index (χ0v) is 20.4. The van der Waals surface area contributed by atoms with Gasteiger partial charge in [0.2, 0.25) is 0 Å². The molecule has 0 amide bonds. The number of nitrogens with one attached hydrogen (secondary N) is 3. The fourth-order valence-electron chi connectivity index (χ4n) is 4.41. The Kier molecular flexibility index (Phi) is 6.60. The van der Waals surface area contributed by atoms with Gasteiger partial charge in [-0.1, -0.05) is 0 Å². The van der Waals surface area contributed by atoms with Crippen molar-refractivity contribution in [3.63, 3.8) is 0 Å². The van der Waals surface area contributed by atoms with Crippen LogP contribution in [0, 0.1) is 0 Å². The van der Waals surface area contributed by atoms with Gasteiger partial charge in [-0.05, 0) is 37.7 Å². The monoisotopic (exact) mass is 523 g/mol. The summed E-state index contributed by atoms with van der Waals surface area (Å²) in [5, 5.41) is 14.0. The quantitative estimate of drug-likeness (QED) is 0.235. The molecule has 1 aliphatic heterocycles. The minimum atomic E-state index is -4.52. The first-order valence-corrected chi connectivity index (χ1v) is 12.1. The highest BCUT2D eigenvalue weighted by atomic mass is 32.2. The minimum Gasteiger partial charge on any atom is -0.495 e. The van der Waals surface area contributed by atoms with Crippen molar-refractivity contribution in [3.05, 3.63) is 42.4 Å². The Morgan fingerprint density at radius 3 is 2.86 bits per heavy atom. The Labute approximate surface area is 208 Å². The number of benzene rings is 1. The van der Waals surface area contributed by atoms with Gasteiger partial charge in [0.05, 0.1) is 48.5 Å². The summed E-state index contributed by atoms with van der Waals surface area (Å²) in [5.41, 5.74) is -2.18. The number of pyridine rings is 1. The highest BCUT2D eigenvalue weighted by molar-refractivity contribution is 8.00. The fourth-order valence-corrected chi connectivity index (χ4v) is 5.11. The number of aromatic amines is 1.